The lowest BCUT2D eigenvalue weighted by Crippen LogP contribution is -2.35. The van der Waals surface area contributed by atoms with Gasteiger partial charge in [0.2, 0.25) is 15.9 Å². The molecule has 1 heterocycles. The molecule has 0 bridgehead atoms. The van der Waals surface area contributed by atoms with Crippen molar-refractivity contribution in [1.29, 1.82) is 0 Å². The summed E-state index contributed by atoms with van der Waals surface area (Å²) in [5, 5.41) is 0. The molecular weight excluding hydrogens is 276 g/mol. The summed E-state index contributed by atoms with van der Waals surface area (Å²) in [6.45, 7) is 3.04. The summed E-state index contributed by atoms with van der Waals surface area (Å²) in [6.07, 6.45) is 3.24. The molecule has 0 radical (unpaired) electrons. The van der Waals surface area contributed by atoms with Gasteiger partial charge in [-0.3, -0.25) is 4.79 Å². The smallest absolute Gasteiger partial charge is 0.240 e. The molecule has 0 aromatic heterocycles. The molecule has 110 valence electrons. The Balaban J connectivity index is 2.15. The maximum Gasteiger partial charge on any atom is 0.240 e. The number of nitrogens with one attached hydrogen (secondary N) is 1. The average Bonchev–Trinajstić information content (AvgIpc) is 2.46. The summed E-state index contributed by atoms with van der Waals surface area (Å²) in [6, 6.07) is 6.50. The van der Waals surface area contributed by atoms with E-state index in [0.29, 0.717) is 19.5 Å². The molecule has 0 aliphatic carbocycles. The van der Waals surface area contributed by atoms with Crippen LogP contribution in [0.25, 0.3) is 0 Å². The van der Waals surface area contributed by atoms with E-state index < -0.39 is 10.0 Å². The molecule has 1 N–H and O–H groups in total. The number of hydrogen-bond acceptors (Lipinski definition) is 3. The molecule has 1 aliphatic heterocycles. The molecule has 5 nitrogen and oxygen atoms in total. The van der Waals surface area contributed by atoms with Gasteiger partial charge in [0.1, 0.15) is 0 Å². The third-order valence-corrected chi connectivity index (χ3v) is 4.80. The minimum Gasteiger partial charge on any atom is -0.312 e. The van der Waals surface area contributed by atoms with Crippen molar-refractivity contribution in [2.75, 3.05) is 18.0 Å². The maximum absolute atomic E-state index is 12.0. The second-order valence-electron chi connectivity index (χ2n) is 4.89. The van der Waals surface area contributed by atoms with Gasteiger partial charge in [0.25, 0.3) is 0 Å². The van der Waals surface area contributed by atoms with Crippen molar-refractivity contribution in [2.45, 2.75) is 37.5 Å². The minimum absolute atomic E-state index is 0.107. The molecule has 0 saturated carbocycles. The molecule has 20 heavy (non-hydrogen) atoms. The van der Waals surface area contributed by atoms with Gasteiger partial charge in [-0.25, -0.2) is 13.1 Å². The summed E-state index contributed by atoms with van der Waals surface area (Å²) in [5.74, 6) is 0.107. The molecular formula is C14H20N2O3S. The van der Waals surface area contributed by atoms with Crippen LogP contribution in [0.1, 0.15) is 32.6 Å². The normalized spacial score (nSPS) is 16.4. The molecule has 0 spiro atoms. The Hall–Kier alpha value is -1.40. The summed E-state index contributed by atoms with van der Waals surface area (Å²) >= 11 is 0. The van der Waals surface area contributed by atoms with E-state index in [1.165, 1.54) is 0 Å². The highest BCUT2D eigenvalue weighted by Gasteiger charge is 2.20. The van der Waals surface area contributed by atoms with Crippen LogP contribution in [0.15, 0.2) is 29.2 Å². The fraction of sp³-hybridized carbons (Fsp3) is 0.500. The molecule has 6 heteroatoms. The van der Waals surface area contributed by atoms with Crippen molar-refractivity contribution in [3.05, 3.63) is 24.3 Å². The quantitative estimate of drug-likeness (QED) is 0.902. The number of sulfonamides is 1. The molecule has 1 amide bonds. The number of rotatable bonds is 5. The summed E-state index contributed by atoms with van der Waals surface area (Å²) in [4.78, 5) is 13.8. The Labute approximate surface area is 120 Å². The first-order chi connectivity index (χ1) is 9.54. The van der Waals surface area contributed by atoms with Crippen molar-refractivity contribution in [3.8, 4) is 0 Å². The highest BCUT2D eigenvalue weighted by Crippen LogP contribution is 2.22. The van der Waals surface area contributed by atoms with Crippen LogP contribution >= 0.6 is 0 Å². The van der Waals surface area contributed by atoms with Gasteiger partial charge in [0, 0.05) is 25.2 Å². The molecule has 0 unspecified atom stereocenters. The Morgan fingerprint density at radius 3 is 2.50 bits per heavy atom. The number of piperidine rings is 1. The number of nitrogens with zero attached hydrogens (tertiary/aromatic N) is 1. The second kappa shape index (κ2) is 6.37. The summed E-state index contributed by atoms with van der Waals surface area (Å²) < 4.78 is 26.4. The number of carbonyl (C=O) groups is 1. The highest BCUT2D eigenvalue weighted by molar-refractivity contribution is 7.89. The lowest BCUT2D eigenvalue weighted by molar-refractivity contribution is -0.119. The zero-order valence-electron chi connectivity index (χ0n) is 11.6. The standard InChI is InChI=1S/C14H20N2O3S/c1-2-10-15-20(18,19)13-8-6-12(7-9-13)16-11-4-3-5-14(16)17/h6-9,15H,2-5,10-11H2,1H3. The fourth-order valence-corrected chi connectivity index (χ4v) is 3.34. The van der Waals surface area contributed by atoms with Crippen LogP contribution < -0.4 is 9.62 Å². The van der Waals surface area contributed by atoms with Gasteiger partial charge in [-0.15, -0.1) is 0 Å². The van der Waals surface area contributed by atoms with E-state index in [-0.39, 0.29) is 10.8 Å². The average molecular weight is 296 g/mol. The van der Waals surface area contributed by atoms with E-state index in [0.717, 1.165) is 24.9 Å². The van der Waals surface area contributed by atoms with Gasteiger partial charge in [-0.2, -0.15) is 0 Å². The number of benzene rings is 1. The van der Waals surface area contributed by atoms with Crippen LogP contribution in [0.3, 0.4) is 0 Å². The van der Waals surface area contributed by atoms with E-state index in [4.69, 9.17) is 0 Å². The monoisotopic (exact) mass is 296 g/mol. The second-order valence-corrected chi connectivity index (χ2v) is 6.66. The molecule has 1 saturated heterocycles. The van der Waals surface area contributed by atoms with Gasteiger partial charge >= 0.3 is 0 Å². The van der Waals surface area contributed by atoms with E-state index in [2.05, 4.69) is 4.72 Å². The minimum atomic E-state index is -3.44. The lowest BCUT2D eigenvalue weighted by atomic mass is 10.1. The van der Waals surface area contributed by atoms with Gasteiger partial charge < -0.3 is 4.90 Å². The van der Waals surface area contributed by atoms with Gasteiger partial charge in [0.05, 0.1) is 4.90 Å². The Kier molecular flexibility index (Phi) is 4.77. The Morgan fingerprint density at radius 2 is 1.90 bits per heavy atom. The van der Waals surface area contributed by atoms with Crippen molar-refractivity contribution in [1.82, 2.24) is 4.72 Å². The molecule has 2 rings (SSSR count). The van der Waals surface area contributed by atoms with Gasteiger partial charge in [-0.05, 0) is 43.5 Å². The molecule has 1 aliphatic rings. The summed E-state index contributed by atoms with van der Waals surface area (Å²) in [7, 11) is -3.44. The number of carbonyl (C=O) groups excluding carboxylic acids is 1. The number of anilines is 1. The zero-order valence-corrected chi connectivity index (χ0v) is 12.4. The molecule has 1 fully saturated rings. The van der Waals surface area contributed by atoms with Crippen LogP contribution in [-0.2, 0) is 14.8 Å². The van der Waals surface area contributed by atoms with Crippen LogP contribution in [0.5, 0.6) is 0 Å². The number of amides is 1. The van der Waals surface area contributed by atoms with Crippen LogP contribution in [0.2, 0.25) is 0 Å². The first-order valence-corrected chi connectivity index (χ1v) is 8.43. The lowest BCUT2D eigenvalue weighted by Gasteiger charge is -2.26. The van der Waals surface area contributed by atoms with Crippen molar-refractivity contribution >= 4 is 21.6 Å². The number of hydrogen-bond donors (Lipinski definition) is 1. The van der Waals surface area contributed by atoms with Gasteiger partial charge in [-0.1, -0.05) is 6.92 Å². The maximum atomic E-state index is 12.0. The fourth-order valence-electron chi connectivity index (χ4n) is 2.20. The SMILES string of the molecule is CCCNS(=O)(=O)c1ccc(N2CCCCC2=O)cc1. The van der Waals surface area contributed by atoms with Crippen LogP contribution in [0, 0.1) is 0 Å². The topological polar surface area (TPSA) is 66.5 Å². The first kappa shape index (κ1) is 15.0. The van der Waals surface area contributed by atoms with Crippen LogP contribution in [0.4, 0.5) is 5.69 Å². The predicted octanol–water partition coefficient (Wildman–Crippen LogP) is 1.89. The van der Waals surface area contributed by atoms with Crippen LogP contribution in [-0.4, -0.2) is 27.4 Å². The van der Waals surface area contributed by atoms with E-state index in [9.17, 15) is 13.2 Å². The third kappa shape index (κ3) is 3.37. The van der Waals surface area contributed by atoms with Crippen molar-refractivity contribution in [2.24, 2.45) is 0 Å². The zero-order chi connectivity index (χ0) is 14.6. The molecule has 1 aromatic rings. The molecule has 1 aromatic carbocycles. The van der Waals surface area contributed by atoms with E-state index >= 15 is 0 Å². The Bertz CT molecular complexity index is 567. The predicted molar refractivity (Wildman–Crippen MR) is 78.1 cm³/mol. The largest absolute Gasteiger partial charge is 0.312 e. The summed E-state index contributed by atoms with van der Waals surface area (Å²) in [5.41, 5.74) is 0.768. The van der Waals surface area contributed by atoms with E-state index in [1.807, 2.05) is 6.92 Å². The third-order valence-electron chi connectivity index (χ3n) is 3.32. The molecule has 0 atom stereocenters. The highest BCUT2D eigenvalue weighted by atomic mass is 32.2. The van der Waals surface area contributed by atoms with Gasteiger partial charge in [0.15, 0.2) is 0 Å². The Morgan fingerprint density at radius 1 is 1.20 bits per heavy atom. The van der Waals surface area contributed by atoms with Crippen molar-refractivity contribution < 1.29 is 13.2 Å². The van der Waals surface area contributed by atoms with Crippen molar-refractivity contribution in [3.63, 3.8) is 0 Å². The van der Waals surface area contributed by atoms with E-state index in [1.54, 1.807) is 29.2 Å². The first-order valence-electron chi connectivity index (χ1n) is 6.94.